The van der Waals surface area contributed by atoms with Crippen LogP contribution < -0.4 is 10.2 Å². The van der Waals surface area contributed by atoms with Crippen molar-refractivity contribution in [2.24, 2.45) is 0 Å². The van der Waals surface area contributed by atoms with Crippen LogP contribution in [0.5, 0.6) is 0 Å². The molecule has 0 aliphatic rings. The second-order valence-corrected chi connectivity index (χ2v) is 5.37. The van der Waals surface area contributed by atoms with Gasteiger partial charge in [-0.1, -0.05) is 0 Å². The molecular formula is C16H13F4N3O3. The molecule has 1 N–H and O–H groups in total. The summed E-state index contributed by atoms with van der Waals surface area (Å²) in [6.07, 6.45) is -4.72. The number of nitrogens with one attached hydrogen (secondary N) is 1. The van der Waals surface area contributed by atoms with Crippen molar-refractivity contribution in [3.63, 3.8) is 0 Å². The van der Waals surface area contributed by atoms with Gasteiger partial charge in [0, 0.05) is 18.8 Å². The first kappa shape index (κ1) is 19.2. The van der Waals surface area contributed by atoms with Gasteiger partial charge in [-0.15, -0.1) is 0 Å². The Labute approximate surface area is 145 Å². The highest BCUT2D eigenvalue weighted by Crippen LogP contribution is 2.36. The van der Waals surface area contributed by atoms with E-state index < -0.39 is 34.1 Å². The van der Waals surface area contributed by atoms with Gasteiger partial charge in [-0.25, -0.2) is 4.39 Å². The molecular weight excluding hydrogens is 358 g/mol. The van der Waals surface area contributed by atoms with Gasteiger partial charge in [0.2, 0.25) is 5.91 Å². The normalized spacial score (nSPS) is 11.1. The molecule has 2 rings (SSSR count). The van der Waals surface area contributed by atoms with E-state index >= 15 is 0 Å². The molecule has 138 valence electrons. The molecule has 0 heterocycles. The quantitative estimate of drug-likeness (QED) is 0.492. The average molecular weight is 371 g/mol. The minimum atomic E-state index is -4.72. The molecule has 0 atom stereocenters. The van der Waals surface area contributed by atoms with E-state index in [-0.39, 0.29) is 12.2 Å². The number of nitro benzene ring substituents is 1. The number of hydrogen-bond acceptors (Lipinski definition) is 4. The summed E-state index contributed by atoms with van der Waals surface area (Å²) in [5, 5.41) is 13.5. The molecule has 0 radical (unpaired) electrons. The van der Waals surface area contributed by atoms with E-state index in [1.54, 1.807) is 0 Å². The number of halogens is 4. The van der Waals surface area contributed by atoms with Gasteiger partial charge in [0.1, 0.15) is 11.5 Å². The van der Waals surface area contributed by atoms with Crippen molar-refractivity contribution < 1.29 is 27.3 Å². The molecule has 2 aromatic rings. The van der Waals surface area contributed by atoms with Crippen LogP contribution in [0.25, 0.3) is 0 Å². The molecule has 2 aromatic carbocycles. The van der Waals surface area contributed by atoms with Gasteiger partial charge in [-0.05, 0) is 36.4 Å². The summed E-state index contributed by atoms with van der Waals surface area (Å²) in [7, 11) is 1.33. The van der Waals surface area contributed by atoms with E-state index in [0.29, 0.717) is 17.8 Å². The predicted octanol–water partition coefficient (Wildman–Crippen LogP) is 3.83. The third-order valence-corrected chi connectivity index (χ3v) is 3.42. The Hall–Kier alpha value is -3.17. The van der Waals surface area contributed by atoms with E-state index in [1.165, 1.54) is 19.2 Å². The summed E-state index contributed by atoms with van der Waals surface area (Å²) in [6, 6.07) is 6.99. The highest BCUT2D eigenvalue weighted by atomic mass is 19.4. The Kier molecular flexibility index (Phi) is 5.44. The van der Waals surface area contributed by atoms with Crippen LogP contribution in [-0.2, 0) is 11.0 Å². The standard InChI is InChI=1S/C16H13F4N3O3/c1-22(9-15(24)21-12-5-3-11(17)4-6-12)13-7-2-10(16(18,19)20)8-14(13)23(25)26/h2-8H,9H2,1H3,(H,21,24). The molecule has 1 amide bonds. The van der Waals surface area contributed by atoms with E-state index in [0.717, 1.165) is 23.1 Å². The summed E-state index contributed by atoms with van der Waals surface area (Å²) < 4.78 is 51.0. The van der Waals surface area contributed by atoms with Crippen LogP contribution in [-0.4, -0.2) is 24.4 Å². The number of rotatable bonds is 5. The van der Waals surface area contributed by atoms with Gasteiger partial charge in [-0.2, -0.15) is 13.2 Å². The first-order valence-electron chi connectivity index (χ1n) is 7.20. The Bertz CT molecular complexity index is 822. The average Bonchev–Trinajstić information content (AvgIpc) is 2.55. The van der Waals surface area contributed by atoms with Crippen LogP contribution in [0.2, 0.25) is 0 Å². The number of hydrogen-bond donors (Lipinski definition) is 1. The number of likely N-dealkylation sites (N-methyl/N-ethyl adjacent to an activating group) is 1. The highest BCUT2D eigenvalue weighted by Gasteiger charge is 2.33. The van der Waals surface area contributed by atoms with Crippen molar-refractivity contribution in [2.75, 3.05) is 23.8 Å². The Morgan fingerprint density at radius 1 is 1.19 bits per heavy atom. The molecule has 0 saturated heterocycles. The van der Waals surface area contributed by atoms with Crippen LogP contribution in [0.15, 0.2) is 42.5 Å². The molecule has 0 spiro atoms. The third-order valence-electron chi connectivity index (χ3n) is 3.42. The van der Waals surface area contributed by atoms with Crippen molar-refractivity contribution in [1.29, 1.82) is 0 Å². The summed E-state index contributed by atoms with van der Waals surface area (Å²) in [5.41, 5.74) is -1.75. The zero-order valence-corrected chi connectivity index (χ0v) is 13.4. The SMILES string of the molecule is CN(CC(=O)Nc1ccc(F)cc1)c1ccc(C(F)(F)F)cc1[N+](=O)[O-]. The first-order chi connectivity index (χ1) is 12.1. The number of carbonyl (C=O) groups is 1. The van der Waals surface area contributed by atoms with E-state index in [1.807, 2.05) is 0 Å². The predicted molar refractivity (Wildman–Crippen MR) is 86.4 cm³/mol. The number of benzene rings is 2. The molecule has 26 heavy (non-hydrogen) atoms. The lowest BCUT2D eigenvalue weighted by Crippen LogP contribution is -2.30. The summed E-state index contributed by atoms with van der Waals surface area (Å²) >= 11 is 0. The fourth-order valence-electron chi connectivity index (χ4n) is 2.20. The maximum Gasteiger partial charge on any atom is 0.416 e. The van der Waals surface area contributed by atoms with E-state index in [2.05, 4.69) is 5.32 Å². The molecule has 0 aromatic heterocycles. The molecule has 6 nitrogen and oxygen atoms in total. The van der Waals surface area contributed by atoms with Gasteiger partial charge in [0.05, 0.1) is 17.0 Å². The second kappa shape index (κ2) is 7.38. The highest BCUT2D eigenvalue weighted by molar-refractivity contribution is 5.94. The maximum absolute atomic E-state index is 12.8. The first-order valence-corrected chi connectivity index (χ1v) is 7.20. The van der Waals surface area contributed by atoms with Crippen LogP contribution in [0.3, 0.4) is 0 Å². The van der Waals surface area contributed by atoms with Crippen molar-refractivity contribution >= 4 is 23.0 Å². The molecule has 0 aliphatic heterocycles. The van der Waals surface area contributed by atoms with Crippen LogP contribution in [0.1, 0.15) is 5.56 Å². The summed E-state index contributed by atoms with van der Waals surface area (Å²) in [6.45, 7) is -0.358. The minimum Gasteiger partial charge on any atom is -0.360 e. The molecule has 0 aliphatic carbocycles. The fraction of sp³-hybridized carbons (Fsp3) is 0.188. The largest absolute Gasteiger partial charge is 0.416 e. The van der Waals surface area contributed by atoms with Gasteiger partial charge >= 0.3 is 6.18 Å². The lowest BCUT2D eigenvalue weighted by atomic mass is 10.1. The topological polar surface area (TPSA) is 75.5 Å². The van der Waals surface area contributed by atoms with Crippen molar-refractivity contribution in [3.05, 3.63) is 64.0 Å². The van der Waals surface area contributed by atoms with Gasteiger partial charge in [0.15, 0.2) is 0 Å². The Morgan fingerprint density at radius 3 is 2.35 bits per heavy atom. The molecule has 0 bridgehead atoms. The fourth-order valence-corrected chi connectivity index (χ4v) is 2.20. The van der Waals surface area contributed by atoms with Crippen LogP contribution in [0.4, 0.5) is 34.6 Å². The smallest absolute Gasteiger partial charge is 0.360 e. The summed E-state index contributed by atoms with van der Waals surface area (Å²) in [4.78, 5) is 23.3. The lowest BCUT2D eigenvalue weighted by molar-refractivity contribution is -0.384. The number of anilines is 2. The molecule has 10 heteroatoms. The zero-order chi connectivity index (χ0) is 19.5. The summed E-state index contributed by atoms with van der Waals surface area (Å²) in [5.74, 6) is -1.06. The monoisotopic (exact) mass is 371 g/mol. The molecule has 0 saturated carbocycles. The van der Waals surface area contributed by atoms with Crippen molar-refractivity contribution in [2.45, 2.75) is 6.18 Å². The Morgan fingerprint density at radius 2 is 1.81 bits per heavy atom. The number of carbonyl (C=O) groups excluding carboxylic acids is 1. The van der Waals surface area contributed by atoms with Crippen molar-refractivity contribution in [3.8, 4) is 0 Å². The third kappa shape index (κ3) is 4.68. The number of alkyl halides is 3. The molecule has 0 unspecified atom stereocenters. The minimum absolute atomic E-state index is 0.141. The van der Waals surface area contributed by atoms with Crippen LogP contribution in [0, 0.1) is 15.9 Å². The van der Waals surface area contributed by atoms with E-state index in [9.17, 15) is 32.5 Å². The van der Waals surface area contributed by atoms with Crippen molar-refractivity contribution in [1.82, 2.24) is 0 Å². The van der Waals surface area contributed by atoms with Crippen LogP contribution >= 0.6 is 0 Å². The maximum atomic E-state index is 12.8. The van der Waals surface area contributed by atoms with Gasteiger partial charge in [-0.3, -0.25) is 14.9 Å². The molecule has 0 fully saturated rings. The lowest BCUT2D eigenvalue weighted by Gasteiger charge is -2.19. The number of nitrogens with zero attached hydrogens (tertiary/aromatic N) is 2. The number of amides is 1. The Balaban J connectivity index is 2.17. The zero-order valence-electron chi connectivity index (χ0n) is 13.4. The number of nitro groups is 1. The van der Waals surface area contributed by atoms with Gasteiger partial charge in [0.25, 0.3) is 5.69 Å². The van der Waals surface area contributed by atoms with E-state index in [4.69, 9.17) is 0 Å². The van der Waals surface area contributed by atoms with Gasteiger partial charge < -0.3 is 10.2 Å². The second-order valence-electron chi connectivity index (χ2n) is 5.37.